The number of hydrogen-bond acceptors (Lipinski definition) is 7. The van der Waals surface area contributed by atoms with Gasteiger partial charge in [0.25, 0.3) is 0 Å². The topological polar surface area (TPSA) is 100 Å². The third kappa shape index (κ3) is 6.24. The van der Waals surface area contributed by atoms with Gasteiger partial charge < -0.3 is 24.7 Å². The van der Waals surface area contributed by atoms with E-state index in [2.05, 4.69) is 24.3 Å². The number of hydrogen-bond donors (Lipinski definition) is 1. The minimum Gasteiger partial charge on any atom is -0.497 e. The van der Waals surface area contributed by atoms with Crippen molar-refractivity contribution < 1.29 is 28.5 Å². The number of anilines is 1. The van der Waals surface area contributed by atoms with Gasteiger partial charge in [-0.1, -0.05) is 60.7 Å². The number of fused-ring (bicyclic) bond motifs is 3. The van der Waals surface area contributed by atoms with Crippen LogP contribution in [0.15, 0.2) is 91.0 Å². The lowest BCUT2D eigenvalue weighted by Crippen LogP contribution is -2.32. The number of rotatable bonds is 12. The van der Waals surface area contributed by atoms with E-state index in [1.165, 1.54) is 0 Å². The molecule has 2 N–H and O–H groups in total. The molecular weight excluding hydrogens is 532 g/mol. The summed E-state index contributed by atoms with van der Waals surface area (Å²) in [5, 5.41) is 0. The molecule has 1 aliphatic carbocycles. The first-order chi connectivity index (χ1) is 20.5. The predicted molar refractivity (Wildman–Crippen MR) is 161 cm³/mol. The molecule has 1 amide bonds. The van der Waals surface area contributed by atoms with Gasteiger partial charge in [-0.15, -0.1) is 0 Å². The summed E-state index contributed by atoms with van der Waals surface area (Å²) in [4.78, 5) is 27.1. The Morgan fingerprint density at radius 2 is 1.45 bits per heavy atom. The van der Waals surface area contributed by atoms with Gasteiger partial charge in [0.15, 0.2) is 5.78 Å². The van der Waals surface area contributed by atoms with E-state index in [1.807, 2.05) is 36.4 Å². The van der Waals surface area contributed by atoms with Crippen molar-refractivity contribution in [1.29, 1.82) is 0 Å². The highest BCUT2D eigenvalue weighted by Crippen LogP contribution is 2.44. The number of carbonyl (C=O) groups excluding carboxylic acids is 2. The van der Waals surface area contributed by atoms with Gasteiger partial charge in [0.05, 0.1) is 26.5 Å². The van der Waals surface area contributed by atoms with Gasteiger partial charge in [-0.25, -0.2) is 4.79 Å². The zero-order chi connectivity index (χ0) is 29.5. The molecule has 8 heteroatoms. The highest BCUT2D eigenvalue weighted by Gasteiger charge is 2.30. The van der Waals surface area contributed by atoms with Crippen molar-refractivity contribution in [3.63, 3.8) is 0 Å². The van der Waals surface area contributed by atoms with E-state index in [1.54, 1.807) is 49.5 Å². The maximum atomic E-state index is 13.8. The molecule has 8 nitrogen and oxygen atoms in total. The van der Waals surface area contributed by atoms with Crippen molar-refractivity contribution in [2.45, 2.75) is 18.9 Å². The van der Waals surface area contributed by atoms with E-state index in [4.69, 9.17) is 24.7 Å². The van der Waals surface area contributed by atoms with E-state index in [9.17, 15) is 9.59 Å². The van der Waals surface area contributed by atoms with Gasteiger partial charge in [-0.3, -0.25) is 9.69 Å². The van der Waals surface area contributed by atoms with Gasteiger partial charge in [0.2, 0.25) is 0 Å². The third-order valence-electron chi connectivity index (χ3n) is 7.32. The standard InChI is InChI=1S/C34H34N2O6/c1-39-26-15-16-32(33(19-26)40-2)36(20-23-11-13-25(14-12-23)41-21-24(37)17-18-35)34(38)42-22-31-29-9-5-3-7-27(29)28-8-4-6-10-30(28)31/h3-16,19,31H,17-18,20-22,35H2,1-2H3. The lowest BCUT2D eigenvalue weighted by Gasteiger charge is -2.25. The Labute approximate surface area is 245 Å². The number of Topliss-reactive ketones (excluding diaryl/α,β-unsaturated/α-hetero) is 1. The molecule has 0 aliphatic heterocycles. The fourth-order valence-corrected chi connectivity index (χ4v) is 5.20. The molecule has 5 rings (SSSR count). The fraction of sp³-hybridized carbons (Fsp3) is 0.235. The minimum atomic E-state index is -0.506. The van der Waals surface area contributed by atoms with E-state index >= 15 is 0 Å². The quantitative estimate of drug-likeness (QED) is 0.226. The highest BCUT2D eigenvalue weighted by molar-refractivity contribution is 5.90. The number of nitrogens with zero attached hydrogens (tertiary/aromatic N) is 1. The van der Waals surface area contributed by atoms with E-state index < -0.39 is 6.09 Å². The van der Waals surface area contributed by atoms with Crippen molar-refractivity contribution in [2.75, 3.05) is 38.9 Å². The van der Waals surface area contributed by atoms with Crippen LogP contribution in [-0.4, -0.2) is 45.9 Å². The van der Waals surface area contributed by atoms with Gasteiger partial charge in [-0.2, -0.15) is 0 Å². The Kier molecular flexibility index (Phi) is 9.04. The molecule has 0 saturated heterocycles. The van der Waals surface area contributed by atoms with Crippen LogP contribution in [-0.2, 0) is 16.1 Å². The van der Waals surface area contributed by atoms with Crippen LogP contribution in [0, 0.1) is 0 Å². The molecule has 0 unspecified atom stereocenters. The Hall–Kier alpha value is -4.82. The molecule has 0 bridgehead atoms. The number of methoxy groups -OCH3 is 2. The number of ether oxygens (including phenoxy) is 4. The van der Waals surface area contributed by atoms with Crippen molar-refractivity contribution in [3.05, 3.63) is 108 Å². The van der Waals surface area contributed by atoms with Crippen LogP contribution < -0.4 is 24.8 Å². The summed E-state index contributed by atoms with van der Waals surface area (Å²) in [6.07, 6.45) is -0.232. The molecule has 42 heavy (non-hydrogen) atoms. The van der Waals surface area contributed by atoms with E-state index in [0.29, 0.717) is 29.5 Å². The van der Waals surface area contributed by atoms with Crippen LogP contribution in [0.25, 0.3) is 11.1 Å². The number of nitrogens with two attached hydrogens (primary N) is 1. The molecule has 0 radical (unpaired) electrons. The van der Waals surface area contributed by atoms with Gasteiger partial charge in [0, 0.05) is 18.4 Å². The van der Waals surface area contributed by atoms with E-state index in [-0.39, 0.29) is 37.9 Å². The van der Waals surface area contributed by atoms with Crippen LogP contribution in [0.4, 0.5) is 10.5 Å². The first-order valence-electron chi connectivity index (χ1n) is 13.8. The van der Waals surface area contributed by atoms with Crippen molar-refractivity contribution in [3.8, 4) is 28.4 Å². The Morgan fingerprint density at radius 1 is 0.810 bits per heavy atom. The average molecular weight is 567 g/mol. The number of carbonyl (C=O) groups is 2. The maximum Gasteiger partial charge on any atom is 0.414 e. The SMILES string of the molecule is COc1ccc(N(Cc2ccc(OCC(=O)CCN)cc2)C(=O)OCC2c3ccccc3-c3ccccc32)c(OC)c1. The van der Waals surface area contributed by atoms with Crippen molar-refractivity contribution in [1.82, 2.24) is 0 Å². The smallest absolute Gasteiger partial charge is 0.414 e. The minimum absolute atomic E-state index is 0.0362. The summed E-state index contributed by atoms with van der Waals surface area (Å²) in [6, 6.07) is 29.0. The van der Waals surface area contributed by atoms with Gasteiger partial charge >= 0.3 is 6.09 Å². The predicted octanol–water partition coefficient (Wildman–Crippen LogP) is 5.96. The van der Waals surface area contributed by atoms with Crippen LogP contribution in [0.1, 0.15) is 29.0 Å². The molecule has 0 heterocycles. The molecule has 0 atom stereocenters. The van der Waals surface area contributed by atoms with Gasteiger partial charge in [0.1, 0.15) is 30.5 Å². The van der Waals surface area contributed by atoms with Crippen molar-refractivity contribution in [2.24, 2.45) is 5.73 Å². The average Bonchev–Trinajstić information content (AvgIpc) is 3.35. The van der Waals surface area contributed by atoms with Crippen LogP contribution in [0.3, 0.4) is 0 Å². The molecule has 4 aromatic rings. The van der Waals surface area contributed by atoms with Gasteiger partial charge in [-0.05, 0) is 58.6 Å². The summed E-state index contributed by atoms with van der Waals surface area (Å²) in [5.74, 6) is 1.50. The molecule has 0 fully saturated rings. The first kappa shape index (κ1) is 28.7. The second-order valence-corrected chi connectivity index (χ2v) is 9.94. The molecule has 0 saturated carbocycles. The third-order valence-corrected chi connectivity index (χ3v) is 7.32. The Bertz CT molecular complexity index is 1510. The van der Waals surface area contributed by atoms with Crippen molar-refractivity contribution >= 4 is 17.6 Å². The van der Waals surface area contributed by atoms with Crippen LogP contribution in [0.5, 0.6) is 17.2 Å². The summed E-state index contributed by atoms with van der Waals surface area (Å²) in [6.45, 7) is 0.657. The monoisotopic (exact) mass is 566 g/mol. The first-order valence-corrected chi connectivity index (χ1v) is 13.8. The molecule has 1 aliphatic rings. The maximum absolute atomic E-state index is 13.8. The summed E-state index contributed by atoms with van der Waals surface area (Å²) >= 11 is 0. The fourth-order valence-electron chi connectivity index (χ4n) is 5.20. The van der Waals surface area contributed by atoms with E-state index in [0.717, 1.165) is 27.8 Å². The summed E-state index contributed by atoms with van der Waals surface area (Å²) < 4.78 is 22.6. The molecule has 216 valence electrons. The van der Waals surface area contributed by atoms with Crippen LogP contribution >= 0.6 is 0 Å². The summed E-state index contributed by atoms with van der Waals surface area (Å²) in [5.41, 5.74) is 11.4. The second kappa shape index (κ2) is 13.2. The zero-order valence-electron chi connectivity index (χ0n) is 23.7. The Balaban J connectivity index is 1.37. The highest BCUT2D eigenvalue weighted by atomic mass is 16.6. The lowest BCUT2D eigenvalue weighted by molar-refractivity contribution is -0.120. The zero-order valence-corrected chi connectivity index (χ0v) is 23.7. The number of ketones is 1. The number of benzene rings is 4. The molecular formula is C34H34N2O6. The molecule has 0 spiro atoms. The number of amides is 1. The van der Waals surface area contributed by atoms with Crippen LogP contribution in [0.2, 0.25) is 0 Å². The molecule has 0 aromatic heterocycles. The normalized spacial score (nSPS) is 11.8. The second-order valence-electron chi connectivity index (χ2n) is 9.94. The largest absolute Gasteiger partial charge is 0.497 e. The summed E-state index contributed by atoms with van der Waals surface area (Å²) in [7, 11) is 3.12. The Morgan fingerprint density at radius 3 is 2.07 bits per heavy atom. The lowest BCUT2D eigenvalue weighted by atomic mass is 9.98. The molecule has 4 aromatic carbocycles.